The van der Waals surface area contributed by atoms with E-state index in [1.165, 1.54) is 7.11 Å². The van der Waals surface area contributed by atoms with Crippen molar-refractivity contribution in [3.63, 3.8) is 0 Å². The van der Waals surface area contributed by atoms with E-state index in [9.17, 15) is 15.0 Å². The molecule has 1 amide bonds. The maximum atomic E-state index is 14.0. The number of rotatable bonds is 17. The van der Waals surface area contributed by atoms with Gasteiger partial charge in [-0.2, -0.15) is 0 Å². The van der Waals surface area contributed by atoms with Crippen molar-refractivity contribution in [3.05, 3.63) is 66.0 Å². The van der Waals surface area contributed by atoms with Gasteiger partial charge < -0.3 is 44.0 Å². The highest BCUT2D eigenvalue weighted by Gasteiger charge is 2.42. The van der Waals surface area contributed by atoms with Gasteiger partial charge in [-0.3, -0.25) is 20.3 Å². The molecule has 2 aromatic heterocycles. The van der Waals surface area contributed by atoms with E-state index in [1.54, 1.807) is 19.5 Å². The van der Waals surface area contributed by atoms with Crippen molar-refractivity contribution in [2.75, 3.05) is 41.0 Å². The maximum absolute atomic E-state index is 14.0. The average molecular weight is 816 g/mol. The van der Waals surface area contributed by atoms with Gasteiger partial charge in [-0.1, -0.05) is 58.0 Å². The van der Waals surface area contributed by atoms with Crippen molar-refractivity contribution in [2.24, 2.45) is 17.8 Å². The van der Waals surface area contributed by atoms with Crippen molar-refractivity contribution >= 4 is 5.91 Å². The molecule has 15 nitrogen and oxygen atoms in total. The van der Waals surface area contributed by atoms with Crippen LogP contribution in [0.2, 0.25) is 0 Å². The van der Waals surface area contributed by atoms with Crippen LogP contribution in [0.1, 0.15) is 83.3 Å². The summed E-state index contributed by atoms with van der Waals surface area (Å²) in [4.78, 5) is 35.0. The van der Waals surface area contributed by atoms with Gasteiger partial charge >= 0.3 is 6.41 Å². The number of hydrogen-bond acceptors (Lipinski definition) is 11. The number of carbonyl (C=O) groups excluding carboxylic acids is 1. The van der Waals surface area contributed by atoms with Crippen molar-refractivity contribution in [2.45, 2.75) is 104 Å². The third kappa shape index (κ3) is 9.13. The zero-order valence-electron chi connectivity index (χ0n) is 35.6. The lowest BCUT2D eigenvalue weighted by Crippen LogP contribution is -2.99. The lowest BCUT2D eigenvalue weighted by atomic mass is 9.99. The van der Waals surface area contributed by atoms with E-state index >= 15 is 0 Å². The van der Waals surface area contributed by atoms with Crippen molar-refractivity contribution < 1.29 is 39.3 Å². The Balaban J connectivity index is 1.06. The van der Waals surface area contributed by atoms with Crippen LogP contribution in [0.3, 0.4) is 0 Å². The number of carbonyl (C=O) groups is 1. The number of quaternary nitrogens is 1. The Labute approximate surface area is 347 Å². The topological polar surface area (TPSA) is 187 Å². The lowest BCUT2D eigenvalue weighted by molar-refractivity contribution is -0.800. The van der Waals surface area contributed by atoms with Crippen molar-refractivity contribution in [3.8, 4) is 39.4 Å². The molecular weight excluding hydrogens is 753 g/mol. The summed E-state index contributed by atoms with van der Waals surface area (Å²) in [5.74, 6) is 2.78. The Morgan fingerprint density at radius 2 is 1.71 bits per heavy atom. The monoisotopic (exact) mass is 815 g/mol. The quantitative estimate of drug-likeness (QED) is 0.0842. The number of nitrogens with two attached hydrogens (primary N) is 1. The molecule has 0 aliphatic carbocycles. The maximum Gasteiger partial charge on any atom is 0.303 e. The zero-order chi connectivity index (χ0) is 42.0. The molecule has 5 heterocycles. The molecule has 0 saturated carbocycles. The number of hydrogen-bond donors (Lipinski definition) is 6. The van der Waals surface area contributed by atoms with Crippen LogP contribution in [0, 0.1) is 17.8 Å². The van der Waals surface area contributed by atoms with E-state index in [-0.39, 0.29) is 48.0 Å². The van der Waals surface area contributed by atoms with Crippen LogP contribution in [-0.2, 0) is 25.6 Å². The van der Waals surface area contributed by atoms with Gasteiger partial charge in [0.25, 0.3) is 0 Å². The molecule has 3 aliphatic heterocycles. The number of ether oxygens (including phenoxy) is 4. The van der Waals surface area contributed by atoms with E-state index in [4.69, 9.17) is 28.9 Å². The standard InChI is InChI=1S/C44H62N8O7/c1-24(2)37(46-26(5)57-7)43(54)52-21-27(22-56-6)18-35(52)40-45-20-32(47-40)29-13-11-28(12-14-29)30-15-16-31-36(19-30)59-23-33-39(31)49-41(48-33)34-10-9-17-51(34)42(53)38(25(3)4)50-44(55)58-8/h11-16,19-20,24-27,34-35,37-38,42,44,46,50,53,55H,9-10,17-18,21-23H2,1-8H3,(H,45,47)(H,48,49)/p+1. The van der Waals surface area contributed by atoms with E-state index in [0.29, 0.717) is 19.8 Å². The van der Waals surface area contributed by atoms with E-state index in [0.717, 1.165) is 82.5 Å². The minimum Gasteiger partial charge on any atom is -0.487 e. The first-order chi connectivity index (χ1) is 28.4. The number of amides is 1. The fraction of sp³-hybridized carbons (Fsp3) is 0.568. The van der Waals surface area contributed by atoms with Gasteiger partial charge in [0.1, 0.15) is 36.3 Å². The number of aliphatic hydroxyl groups excluding tert-OH is 2. The van der Waals surface area contributed by atoms with Crippen LogP contribution < -0.4 is 15.4 Å². The van der Waals surface area contributed by atoms with Gasteiger partial charge in [0.15, 0.2) is 6.23 Å². The molecule has 59 heavy (non-hydrogen) atoms. The highest BCUT2D eigenvalue weighted by atomic mass is 16.6. The predicted molar refractivity (Wildman–Crippen MR) is 222 cm³/mol. The largest absolute Gasteiger partial charge is 0.487 e. The Bertz CT molecular complexity index is 2020. The summed E-state index contributed by atoms with van der Waals surface area (Å²) >= 11 is 0. The van der Waals surface area contributed by atoms with Crippen molar-refractivity contribution in [1.82, 2.24) is 35.1 Å². The van der Waals surface area contributed by atoms with Crippen LogP contribution in [-0.4, -0.2) is 118 Å². The number of imidazole rings is 2. The van der Waals surface area contributed by atoms with Gasteiger partial charge in [0, 0.05) is 51.8 Å². The van der Waals surface area contributed by atoms with Crippen LogP contribution in [0.25, 0.3) is 33.6 Å². The molecular formula is C44H63N8O7+. The van der Waals surface area contributed by atoms with E-state index in [2.05, 4.69) is 62.6 Å². The van der Waals surface area contributed by atoms with Gasteiger partial charge in [-0.05, 0) is 60.9 Å². The number of nitrogens with one attached hydrogen (secondary N) is 3. The summed E-state index contributed by atoms with van der Waals surface area (Å²) < 4.78 is 22.3. The highest BCUT2D eigenvalue weighted by molar-refractivity contribution is 5.83. The zero-order valence-corrected chi connectivity index (χ0v) is 35.6. The number of aliphatic hydroxyl groups is 2. The summed E-state index contributed by atoms with van der Waals surface area (Å²) in [7, 11) is 4.79. The first-order valence-electron chi connectivity index (χ1n) is 21.0. The molecule has 0 spiro atoms. The second kappa shape index (κ2) is 18.6. The first kappa shape index (κ1) is 42.9. The molecule has 4 aromatic rings. The highest BCUT2D eigenvalue weighted by Crippen LogP contribution is 2.42. The van der Waals surface area contributed by atoms with Gasteiger partial charge in [0.2, 0.25) is 5.91 Å². The molecule has 8 atom stereocenters. The number of likely N-dealkylation sites (tertiary alicyclic amines) is 2. The smallest absolute Gasteiger partial charge is 0.303 e. The summed E-state index contributed by atoms with van der Waals surface area (Å²) in [6.45, 7) is 12.4. The van der Waals surface area contributed by atoms with Crippen LogP contribution in [0.5, 0.6) is 5.75 Å². The van der Waals surface area contributed by atoms with Gasteiger partial charge in [0.05, 0.1) is 48.0 Å². The Kier molecular flexibility index (Phi) is 13.5. The Morgan fingerprint density at radius 1 is 0.966 bits per heavy atom. The Morgan fingerprint density at radius 3 is 2.41 bits per heavy atom. The summed E-state index contributed by atoms with van der Waals surface area (Å²) in [5, 5.41) is 26.7. The fourth-order valence-electron chi connectivity index (χ4n) is 8.96. The number of nitrogens with zero attached hydrogens (tertiary/aromatic N) is 4. The fourth-order valence-corrected chi connectivity index (χ4v) is 8.96. The third-order valence-corrected chi connectivity index (χ3v) is 12.3. The van der Waals surface area contributed by atoms with Crippen molar-refractivity contribution in [1.29, 1.82) is 0 Å². The Hall–Kier alpha value is -4.19. The molecule has 2 aromatic carbocycles. The number of methoxy groups -OCH3 is 3. The molecule has 0 radical (unpaired) electrons. The number of H-pyrrole nitrogens is 2. The molecule has 7 rings (SSSR count). The molecule has 15 heteroatoms. The molecule has 2 saturated heterocycles. The average Bonchev–Trinajstić information content (AvgIpc) is 4.07. The minimum atomic E-state index is -1.05. The first-order valence-corrected chi connectivity index (χ1v) is 21.0. The minimum absolute atomic E-state index is 0.0402. The third-order valence-electron chi connectivity index (χ3n) is 12.3. The summed E-state index contributed by atoms with van der Waals surface area (Å²) in [6.07, 6.45) is 2.32. The summed E-state index contributed by atoms with van der Waals surface area (Å²) in [5.41, 5.74) is 6.67. The number of aromatic amines is 2. The van der Waals surface area contributed by atoms with Gasteiger partial charge in [-0.25, -0.2) is 9.97 Å². The molecule has 7 N–H and O–H groups in total. The second-order valence-electron chi connectivity index (χ2n) is 17.0. The van der Waals surface area contributed by atoms with E-state index < -0.39 is 18.7 Å². The van der Waals surface area contributed by atoms with Crippen LogP contribution in [0.15, 0.2) is 48.7 Å². The lowest BCUT2D eigenvalue weighted by Gasteiger charge is -2.34. The molecule has 2 fully saturated rings. The molecule has 0 bridgehead atoms. The SMILES string of the molecule is COCC1CC(c2ncc(-c3ccc(-c4ccc5c(c4)OCc4[nH]c(C6CCCN6C(O)C([NH2+]C(O)OC)C(C)C)nc4-5)cc3)[nH]2)N(C(=O)C(NC(C)OC)C(C)C)C1. The summed E-state index contributed by atoms with van der Waals surface area (Å²) in [6, 6.07) is 13.6. The molecule has 8 unspecified atom stereocenters. The van der Waals surface area contributed by atoms with Crippen LogP contribution in [0.4, 0.5) is 0 Å². The normalized spacial score (nSPS) is 22.0. The number of fused-ring (bicyclic) bond motifs is 3. The molecule has 320 valence electrons. The van der Waals surface area contributed by atoms with Crippen LogP contribution >= 0.6 is 0 Å². The number of benzene rings is 2. The van der Waals surface area contributed by atoms with Gasteiger partial charge in [-0.15, -0.1) is 0 Å². The predicted octanol–water partition coefficient (Wildman–Crippen LogP) is 4.13. The number of aromatic nitrogens is 4. The van der Waals surface area contributed by atoms with E-state index in [1.807, 2.05) is 45.7 Å². The molecule has 3 aliphatic rings. The second-order valence-corrected chi connectivity index (χ2v) is 17.0.